The Labute approximate surface area is 113 Å². The Kier molecular flexibility index (Phi) is 2.79. The van der Waals surface area contributed by atoms with Gasteiger partial charge in [-0.25, -0.2) is 4.79 Å². The van der Waals surface area contributed by atoms with Crippen LogP contribution in [0, 0.1) is 0 Å². The molecule has 0 radical (unpaired) electrons. The topological polar surface area (TPSA) is 94.0 Å². The third-order valence-electron chi connectivity index (χ3n) is 2.83. The van der Waals surface area contributed by atoms with Gasteiger partial charge in [-0.05, 0) is 18.2 Å². The number of aromatic nitrogens is 4. The second-order valence-electron chi connectivity index (χ2n) is 4.15. The molecular weight excluding hydrogens is 260 g/mol. The van der Waals surface area contributed by atoms with Crippen LogP contribution in [0.3, 0.4) is 0 Å². The zero-order valence-corrected chi connectivity index (χ0v) is 10.5. The molecule has 2 aromatic heterocycles. The fourth-order valence-electron chi connectivity index (χ4n) is 1.82. The van der Waals surface area contributed by atoms with Gasteiger partial charge >= 0.3 is 5.97 Å². The molecule has 0 bridgehead atoms. The summed E-state index contributed by atoms with van der Waals surface area (Å²) in [4.78, 5) is 15.2. The molecule has 1 aromatic carbocycles. The Hall–Kier alpha value is -2.96. The van der Waals surface area contributed by atoms with Crippen molar-refractivity contribution >= 4 is 5.97 Å². The highest BCUT2D eigenvalue weighted by Gasteiger charge is 2.14. The van der Waals surface area contributed by atoms with Gasteiger partial charge in [0.2, 0.25) is 5.82 Å². The first-order valence-corrected chi connectivity index (χ1v) is 5.81. The standard InChI is InChI=1S/C13H10N4O3/c1-17-10(5-6-14-17)12-15-11(16-20-12)8-3-2-4-9(7-8)13(18)19/h2-7H,1H3,(H,18,19). The lowest BCUT2D eigenvalue weighted by molar-refractivity contribution is 0.0697. The number of rotatable bonds is 3. The van der Waals surface area contributed by atoms with Crippen molar-refractivity contribution in [3.8, 4) is 23.0 Å². The number of hydrogen-bond acceptors (Lipinski definition) is 5. The largest absolute Gasteiger partial charge is 0.478 e. The normalized spacial score (nSPS) is 10.7. The maximum Gasteiger partial charge on any atom is 0.335 e. The minimum absolute atomic E-state index is 0.175. The van der Waals surface area contributed by atoms with Crippen LogP contribution < -0.4 is 0 Å². The van der Waals surface area contributed by atoms with Gasteiger partial charge in [0.15, 0.2) is 0 Å². The van der Waals surface area contributed by atoms with Crippen LogP contribution in [0.25, 0.3) is 23.0 Å². The average molecular weight is 270 g/mol. The lowest BCUT2D eigenvalue weighted by Gasteiger charge is -1.96. The van der Waals surface area contributed by atoms with Crippen LogP contribution in [0.1, 0.15) is 10.4 Å². The molecule has 7 heteroatoms. The maximum absolute atomic E-state index is 10.9. The van der Waals surface area contributed by atoms with Gasteiger partial charge in [-0.2, -0.15) is 10.1 Å². The molecule has 0 amide bonds. The molecule has 1 N–H and O–H groups in total. The van der Waals surface area contributed by atoms with E-state index in [0.717, 1.165) is 0 Å². The highest BCUT2D eigenvalue weighted by atomic mass is 16.5. The van der Waals surface area contributed by atoms with Crippen molar-refractivity contribution in [1.82, 2.24) is 19.9 Å². The highest BCUT2D eigenvalue weighted by molar-refractivity contribution is 5.89. The van der Waals surface area contributed by atoms with E-state index in [4.69, 9.17) is 9.63 Å². The molecule has 3 rings (SSSR count). The fourth-order valence-corrected chi connectivity index (χ4v) is 1.82. The summed E-state index contributed by atoms with van der Waals surface area (Å²) in [7, 11) is 1.77. The van der Waals surface area contributed by atoms with E-state index in [1.54, 1.807) is 36.1 Å². The molecule has 0 aliphatic rings. The molecule has 7 nitrogen and oxygen atoms in total. The zero-order chi connectivity index (χ0) is 14.1. The predicted octanol–water partition coefficient (Wildman–Crippen LogP) is 1.84. The maximum atomic E-state index is 10.9. The van der Waals surface area contributed by atoms with E-state index in [-0.39, 0.29) is 5.56 Å². The summed E-state index contributed by atoms with van der Waals surface area (Å²) in [5.74, 6) is -0.327. The zero-order valence-electron chi connectivity index (χ0n) is 10.5. The summed E-state index contributed by atoms with van der Waals surface area (Å²) in [5.41, 5.74) is 1.45. The van der Waals surface area contributed by atoms with Crippen molar-refractivity contribution in [3.63, 3.8) is 0 Å². The average Bonchev–Trinajstić information content (AvgIpc) is 3.07. The number of aryl methyl sites for hydroxylation is 1. The SMILES string of the molecule is Cn1nccc1-c1nc(-c2cccc(C(=O)O)c2)no1. The van der Waals surface area contributed by atoms with E-state index >= 15 is 0 Å². The lowest BCUT2D eigenvalue weighted by Crippen LogP contribution is -1.96. The molecule has 20 heavy (non-hydrogen) atoms. The van der Waals surface area contributed by atoms with Crippen LogP contribution in [0.5, 0.6) is 0 Å². The highest BCUT2D eigenvalue weighted by Crippen LogP contribution is 2.22. The van der Waals surface area contributed by atoms with Crippen LogP contribution in [0.15, 0.2) is 41.1 Å². The molecule has 0 aliphatic heterocycles. The van der Waals surface area contributed by atoms with Crippen molar-refractivity contribution in [2.75, 3.05) is 0 Å². The second kappa shape index (κ2) is 4.61. The van der Waals surface area contributed by atoms with E-state index in [2.05, 4.69) is 15.2 Å². The summed E-state index contributed by atoms with van der Waals surface area (Å²) in [6.45, 7) is 0. The molecule has 0 saturated heterocycles. The van der Waals surface area contributed by atoms with Crippen molar-refractivity contribution in [2.45, 2.75) is 0 Å². The summed E-state index contributed by atoms with van der Waals surface area (Å²) in [6, 6.07) is 8.13. The van der Waals surface area contributed by atoms with E-state index < -0.39 is 5.97 Å². The smallest absolute Gasteiger partial charge is 0.335 e. The summed E-state index contributed by atoms with van der Waals surface area (Å²) in [5, 5.41) is 16.9. The molecule has 0 spiro atoms. The molecule has 3 aromatic rings. The van der Waals surface area contributed by atoms with Gasteiger partial charge < -0.3 is 9.63 Å². The Morgan fingerprint density at radius 1 is 1.35 bits per heavy atom. The van der Waals surface area contributed by atoms with E-state index in [1.807, 2.05) is 0 Å². The van der Waals surface area contributed by atoms with Gasteiger partial charge in [0, 0.05) is 18.8 Å². The quantitative estimate of drug-likeness (QED) is 0.780. The summed E-state index contributed by atoms with van der Waals surface area (Å²) < 4.78 is 6.79. The molecule has 2 heterocycles. The number of aromatic carboxylic acids is 1. The van der Waals surface area contributed by atoms with Gasteiger partial charge in [0.05, 0.1) is 5.56 Å². The Balaban J connectivity index is 2.00. The lowest BCUT2D eigenvalue weighted by atomic mass is 10.1. The van der Waals surface area contributed by atoms with Crippen molar-refractivity contribution < 1.29 is 14.4 Å². The predicted molar refractivity (Wildman–Crippen MR) is 68.9 cm³/mol. The summed E-state index contributed by atoms with van der Waals surface area (Å²) >= 11 is 0. The van der Waals surface area contributed by atoms with Crippen LogP contribution in [0.2, 0.25) is 0 Å². The van der Waals surface area contributed by atoms with Crippen LogP contribution in [-0.4, -0.2) is 31.0 Å². The number of benzene rings is 1. The minimum Gasteiger partial charge on any atom is -0.478 e. The van der Waals surface area contributed by atoms with Gasteiger partial charge in [0.25, 0.3) is 5.89 Å². The number of hydrogen-bond donors (Lipinski definition) is 1. The first kappa shape index (κ1) is 12.1. The van der Waals surface area contributed by atoms with E-state index in [0.29, 0.717) is 23.0 Å². The van der Waals surface area contributed by atoms with Gasteiger partial charge in [-0.15, -0.1) is 0 Å². The van der Waals surface area contributed by atoms with Crippen molar-refractivity contribution in [1.29, 1.82) is 0 Å². The Morgan fingerprint density at radius 2 is 2.20 bits per heavy atom. The molecule has 100 valence electrons. The number of carboxylic acids is 1. The molecular formula is C13H10N4O3. The molecule has 0 aliphatic carbocycles. The van der Waals surface area contributed by atoms with E-state index in [9.17, 15) is 4.79 Å². The number of carbonyl (C=O) groups is 1. The van der Waals surface area contributed by atoms with Crippen LogP contribution >= 0.6 is 0 Å². The Morgan fingerprint density at radius 3 is 2.90 bits per heavy atom. The van der Waals surface area contributed by atoms with Crippen molar-refractivity contribution in [3.05, 3.63) is 42.1 Å². The number of nitrogens with zero attached hydrogens (tertiary/aromatic N) is 4. The molecule has 0 fully saturated rings. The Bertz CT molecular complexity index is 775. The third kappa shape index (κ3) is 2.05. The van der Waals surface area contributed by atoms with Crippen molar-refractivity contribution in [2.24, 2.45) is 7.05 Å². The van der Waals surface area contributed by atoms with Crippen LogP contribution in [-0.2, 0) is 7.05 Å². The van der Waals surface area contributed by atoms with Crippen LogP contribution in [0.4, 0.5) is 0 Å². The van der Waals surface area contributed by atoms with Gasteiger partial charge in [0.1, 0.15) is 5.69 Å². The van der Waals surface area contributed by atoms with Gasteiger partial charge in [-0.3, -0.25) is 4.68 Å². The molecule has 0 atom stereocenters. The monoisotopic (exact) mass is 270 g/mol. The summed E-state index contributed by atoms with van der Waals surface area (Å²) in [6.07, 6.45) is 1.63. The number of carboxylic acid groups (broad SMARTS) is 1. The third-order valence-corrected chi connectivity index (χ3v) is 2.83. The molecule has 0 unspecified atom stereocenters. The van der Waals surface area contributed by atoms with Gasteiger partial charge in [-0.1, -0.05) is 17.3 Å². The minimum atomic E-state index is -0.998. The fraction of sp³-hybridized carbons (Fsp3) is 0.0769. The first-order valence-electron chi connectivity index (χ1n) is 5.81. The first-order chi connectivity index (χ1) is 9.65. The second-order valence-corrected chi connectivity index (χ2v) is 4.15. The van der Waals surface area contributed by atoms with E-state index in [1.165, 1.54) is 12.1 Å². The molecule has 0 saturated carbocycles.